The van der Waals surface area contributed by atoms with Crippen molar-refractivity contribution in [2.45, 2.75) is 18.9 Å². The van der Waals surface area contributed by atoms with Gasteiger partial charge in [0.1, 0.15) is 5.69 Å². The van der Waals surface area contributed by atoms with Crippen molar-refractivity contribution in [2.75, 3.05) is 0 Å². The number of alkyl halides is 3. The average Bonchev–Trinajstić information content (AvgIpc) is 2.73. The van der Waals surface area contributed by atoms with Crippen LogP contribution in [0.15, 0.2) is 36.5 Å². The van der Waals surface area contributed by atoms with Gasteiger partial charge in [-0.3, -0.25) is 4.68 Å². The molecule has 1 aromatic heterocycles. The quantitative estimate of drug-likeness (QED) is 0.764. The lowest BCUT2D eigenvalue weighted by molar-refractivity contribution is 0.139. The summed E-state index contributed by atoms with van der Waals surface area (Å²) < 4.78 is 27.1. The van der Waals surface area contributed by atoms with E-state index < -0.39 is 6.43 Å². The van der Waals surface area contributed by atoms with Crippen molar-refractivity contribution in [1.29, 1.82) is 0 Å². The molecule has 0 unspecified atom stereocenters. The topological polar surface area (TPSA) is 17.8 Å². The third kappa shape index (κ3) is 2.64. The van der Waals surface area contributed by atoms with Gasteiger partial charge in [-0.05, 0) is 5.56 Å². The van der Waals surface area contributed by atoms with E-state index in [1.54, 1.807) is 0 Å². The van der Waals surface area contributed by atoms with Crippen LogP contribution in [-0.4, -0.2) is 9.78 Å². The van der Waals surface area contributed by atoms with Crippen LogP contribution < -0.4 is 0 Å². The Hall–Kier alpha value is -1.42. The summed E-state index contributed by atoms with van der Waals surface area (Å²) in [5.74, 6) is 0.0501. The lowest BCUT2D eigenvalue weighted by Gasteiger charge is -2.08. The second kappa shape index (κ2) is 5.27. The molecule has 2 aromatic rings. The minimum atomic E-state index is -2.56. The van der Waals surface area contributed by atoms with Crippen LogP contribution in [-0.2, 0) is 12.4 Å². The number of rotatable bonds is 4. The fourth-order valence-corrected chi connectivity index (χ4v) is 1.88. The Balaban J connectivity index is 2.30. The molecule has 0 amide bonds. The van der Waals surface area contributed by atoms with Crippen LogP contribution in [0.5, 0.6) is 0 Å². The van der Waals surface area contributed by atoms with Gasteiger partial charge in [0.15, 0.2) is 0 Å². The van der Waals surface area contributed by atoms with Crippen LogP contribution in [0.1, 0.15) is 23.2 Å². The lowest BCUT2D eigenvalue weighted by Crippen LogP contribution is -2.07. The molecule has 0 spiro atoms. The number of nitrogens with zero attached hydrogens (tertiary/aromatic N) is 2. The van der Waals surface area contributed by atoms with Gasteiger partial charge in [0.05, 0.1) is 18.6 Å². The third-order valence-corrected chi connectivity index (χ3v) is 2.77. The van der Waals surface area contributed by atoms with Crippen LogP contribution in [0, 0.1) is 0 Å². The Morgan fingerprint density at radius 2 is 1.94 bits per heavy atom. The lowest BCUT2D eigenvalue weighted by atomic mass is 10.2. The maximum absolute atomic E-state index is 12.9. The van der Waals surface area contributed by atoms with Crippen molar-refractivity contribution in [2.24, 2.45) is 0 Å². The summed E-state index contributed by atoms with van der Waals surface area (Å²) >= 11 is 5.61. The zero-order valence-corrected chi connectivity index (χ0v) is 9.74. The number of aromatic nitrogens is 2. The van der Waals surface area contributed by atoms with E-state index in [2.05, 4.69) is 5.10 Å². The Kier molecular flexibility index (Phi) is 3.74. The van der Waals surface area contributed by atoms with Crippen molar-refractivity contribution < 1.29 is 8.78 Å². The van der Waals surface area contributed by atoms with Crippen molar-refractivity contribution in [3.63, 3.8) is 0 Å². The molecule has 5 heteroatoms. The minimum absolute atomic E-state index is 0.0501. The summed E-state index contributed by atoms with van der Waals surface area (Å²) in [6.45, 7) is 0.331. The Labute approximate surface area is 103 Å². The van der Waals surface area contributed by atoms with Crippen LogP contribution in [0.2, 0.25) is 0 Å². The zero-order valence-electron chi connectivity index (χ0n) is 8.98. The first kappa shape index (κ1) is 12.0. The molecule has 0 N–H and O–H groups in total. The van der Waals surface area contributed by atoms with Crippen LogP contribution >= 0.6 is 11.6 Å². The van der Waals surface area contributed by atoms with Gasteiger partial charge in [0.2, 0.25) is 0 Å². The van der Waals surface area contributed by atoms with Gasteiger partial charge in [-0.1, -0.05) is 30.3 Å². The molecule has 90 valence electrons. The molecule has 2 rings (SSSR count). The first-order valence-electron chi connectivity index (χ1n) is 5.15. The van der Waals surface area contributed by atoms with Crippen LogP contribution in [0.3, 0.4) is 0 Å². The molecule has 0 fully saturated rings. The molecule has 1 heterocycles. The van der Waals surface area contributed by atoms with E-state index >= 15 is 0 Å². The van der Waals surface area contributed by atoms with Gasteiger partial charge in [0, 0.05) is 5.56 Å². The van der Waals surface area contributed by atoms with Crippen molar-refractivity contribution in [3.05, 3.63) is 53.3 Å². The molecule has 0 radical (unpaired) electrons. The highest BCUT2D eigenvalue weighted by Crippen LogP contribution is 2.24. The monoisotopic (exact) mass is 256 g/mol. The van der Waals surface area contributed by atoms with E-state index in [4.69, 9.17) is 11.6 Å². The van der Waals surface area contributed by atoms with Crippen molar-refractivity contribution >= 4 is 11.6 Å². The third-order valence-electron chi connectivity index (χ3n) is 2.49. The van der Waals surface area contributed by atoms with E-state index in [1.165, 1.54) is 10.9 Å². The molecule has 0 saturated heterocycles. The van der Waals surface area contributed by atoms with E-state index in [9.17, 15) is 8.78 Å². The predicted octanol–water partition coefficient (Wildman–Crippen LogP) is 3.61. The molecule has 2 nitrogen and oxygen atoms in total. The highest BCUT2D eigenvalue weighted by molar-refractivity contribution is 6.17. The molecule has 0 aliphatic carbocycles. The summed E-state index contributed by atoms with van der Waals surface area (Å²) in [5, 5.41) is 3.96. The van der Waals surface area contributed by atoms with E-state index in [0.717, 1.165) is 5.56 Å². The second-order valence-electron chi connectivity index (χ2n) is 3.63. The maximum Gasteiger partial charge on any atom is 0.280 e. The second-order valence-corrected chi connectivity index (χ2v) is 3.90. The van der Waals surface area contributed by atoms with Gasteiger partial charge in [-0.2, -0.15) is 5.10 Å². The van der Waals surface area contributed by atoms with E-state index in [1.807, 2.05) is 30.3 Å². The first-order chi connectivity index (χ1) is 8.22. The first-order valence-corrected chi connectivity index (χ1v) is 5.68. The molecule has 0 aliphatic heterocycles. The van der Waals surface area contributed by atoms with E-state index in [0.29, 0.717) is 12.1 Å². The Morgan fingerprint density at radius 1 is 1.24 bits per heavy atom. The molecule has 0 atom stereocenters. The van der Waals surface area contributed by atoms with Crippen molar-refractivity contribution in [1.82, 2.24) is 9.78 Å². The van der Waals surface area contributed by atoms with Gasteiger partial charge >= 0.3 is 0 Å². The molecular formula is C12H11ClF2N2. The largest absolute Gasteiger partial charge is 0.280 e. The van der Waals surface area contributed by atoms with E-state index in [-0.39, 0.29) is 11.6 Å². The van der Waals surface area contributed by atoms with Crippen LogP contribution in [0.4, 0.5) is 8.78 Å². The normalized spacial score (nSPS) is 11.1. The fraction of sp³-hybridized carbons (Fsp3) is 0.250. The van der Waals surface area contributed by atoms with Crippen LogP contribution in [0.25, 0.3) is 0 Å². The Bertz CT molecular complexity index is 483. The van der Waals surface area contributed by atoms with Gasteiger partial charge in [-0.25, -0.2) is 8.78 Å². The van der Waals surface area contributed by atoms with Gasteiger partial charge < -0.3 is 0 Å². The molecule has 1 aromatic carbocycles. The zero-order chi connectivity index (χ0) is 12.3. The smallest absolute Gasteiger partial charge is 0.259 e. The number of halogens is 3. The van der Waals surface area contributed by atoms with Gasteiger partial charge in [-0.15, -0.1) is 11.6 Å². The SMILES string of the molecule is FC(F)c1c(CCl)cnn1Cc1ccccc1. The summed E-state index contributed by atoms with van der Waals surface area (Å²) in [6.07, 6.45) is -1.16. The summed E-state index contributed by atoms with van der Waals surface area (Å²) in [7, 11) is 0. The maximum atomic E-state index is 12.9. The predicted molar refractivity (Wildman–Crippen MR) is 62.3 cm³/mol. The highest BCUT2D eigenvalue weighted by atomic mass is 35.5. The molecule has 0 bridgehead atoms. The molecular weight excluding hydrogens is 246 g/mol. The molecule has 17 heavy (non-hydrogen) atoms. The average molecular weight is 257 g/mol. The highest BCUT2D eigenvalue weighted by Gasteiger charge is 2.19. The van der Waals surface area contributed by atoms with Gasteiger partial charge in [0.25, 0.3) is 6.43 Å². The summed E-state index contributed by atoms with van der Waals surface area (Å²) in [5.41, 5.74) is 1.22. The Morgan fingerprint density at radius 3 is 2.53 bits per heavy atom. The molecule has 0 saturated carbocycles. The minimum Gasteiger partial charge on any atom is -0.259 e. The van der Waals surface area contributed by atoms with Crippen molar-refractivity contribution in [3.8, 4) is 0 Å². The number of hydrogen-bond donors (Lipinski definition) is 0. The molecule has 0 aliphatic rings. The summed E-state index contributed by atoms with van der Waals surface area (Å²) in [6, 6.07) is 9.35. The number of benzene rings is 1. The fourth-order valence-electron chi connectivity index (χ4n) is 1.67. The summed E-state index contributed by atoms with van der Waals surface area (Å²) in [4.78, 5) is 0. The standard InChI is InChI=1S/C12H11ClF2N2/c13-6-10-7-16-17(11(10)12(14)15)8-9-4-2-1-3-5-9/h1-5,7,12H,6,8H2. The number of hydrogen-bond acceptors (Lipinski definition) is 1.